The Kier molecular flexibility index (Phi) is 5.20. The van der Waals surface area contributed by atoms with Crippen molar-refractivity contribution in [1.29, 1.82) is 0 Å². The molecule has 0 radical (unpaired) electrons. The lowest BCUT2D eigenvalue weighted by molar-refractivity contribution is -0.131. The number of likely N-dealkylation sites (tertiary alicyclic amines) is 1. The fourth-order valence-electron chi connectivity index (χ4n) is 2.44. The van der Waals surface area contributed by atoms with Crippen LogP contribution in [0.4, 0.5) is 0 Å². The van der Waals surface area contributed by atoms with Gasteiger partial charge in [-0.3, -0.25) is 4.79 Å². The minimum Gasteiger partial charge on any atom is -0.491 e. The fraction of sp³-hybridized carbons (Fsp3) is 0.500. The van der Waals surface area contributed by atoms with Gasteiger partial charge in [-0.2, -0.15) is 0 Å². The molecule has 1 aromatic rings. The molecule has 0 aliphatic carbocycles. The molecule has 5 nitrogen and oxygen atoms in total. The number of para-hydroxylation sites is 1. The van der Waals surface area contributed by atoms with Crippen molar-refractivity contribution < 1.29 is 19.4 Å². The van der Waals surface area contributed by atoms with Crippen LogP contribution in [0.25, 0.3) is 0 Å². The van der Waals surface area contributed by atoms with Crippen molar-refractivity contribution in [2.45, 2.75) is 26.2 Å². The predicted molar refractivity (Wildman–Crippen MR) is 78.5 cm³/mol. The van der Waals surface area contributed by atoms with Crippen molar-refractivity contribution in [2.75, 3.05) is 19.7 Å². The second kappa shape index (κ2) is 7.11. The summed E-state index contributed by atoms with van der Waals surface area (Å²) in [5.74, 6) is 0.0768. The van der Waals surface area contributed by atoms with Crippen LogP contribution in [0.2, 0.25) is 0 Å². The maximum Gasteiger partial charge on any atom is 0.339 e. The summed E-state index contributed by atoms with van der Waals surface area (Å²) in [7, 11) is 0. The minimum absolute atomic E-state index is 0.147. The van der Waals surface area contributed by atoms with Crippen LogP contribution in [0, 0.1) is 5.92 Å². The number of hydrogen-bond acceptors (Lipinski definition) is 3. The lowest BCUT2D eigenvalue weighted by atomic mass is 10.0. The molecule has 1 atom stereocenters. The molecule has 1 aliphatic rings. The number of nitrogens with zero attached hydrogens (tertiary/aromatic N) is 1. The van der Waals surface area contributed by atoms with Crippen molar-refractivity contribution in [2.24, 2.45) is 5.92 Å². The van der Waals surface area contributed by atoms with E-state index in [1.807, 2.05) is 4.90 Å². The first kappa shape index (κ1) is 15.4. The first-order valence-corrected chi connectivity index (χ1v) is 7.31. The van der Waals surface area contributed by atoms with E-state index in [0.29, 0.717) is 31.2 Å². The van der Waals surface area contributed by atoms with Crippen LogP contribution in [-0.4, -0.2) is 41.6 Å². The Balaban J connectivity index is 1.89. The van der Waals surface area contributed by atoms with Gasteiger partial charge in [-0.15, -0.1) is 0 Å². The topological polar surface area (TPSA) is 66.8 Å². The van der Waals surface area contributed by atoms with E-state index in [-0.39, 0.29) is 11.5 Å². The van der Waals surface area contributed by atoms with Crippen LogP contribution in [-0.2, 0) is 4.79 Å². The Morgan fingerprint density at radius 1 is 1.38 bits per heavy atom. The van der Waals surface area contributed by atoms with Gasteiger partial charge in [0.05, 0.1) is 6.54 Å². The number of amides is 1. The van der Waals surface area contributed by atoms with Crippen LogP contribution < -0.4 is 4.74 Å². The number of ether oxygens (including phenoxy) is 1. The zero-order valence-corrected chi connectivity index (χ0v) is 12.2. The molecule has 1 aliphatic heterocycles. The molecule has 5 heteroatoms. The van der Waals surface area contributed by atoms with Crippen LogP contribution in [0.1, 0.15) is 36.5 Å². The van der Waals surface area contributed by atoms with E-state index in [1.165, 1.54) is 6.07 Å². The van der Waals surface area contributed by atoms with Crippen molar-refractivity contribution in [3.05, 3.63) is 29.8 Å². The number of hydrogen-bond donors (Lipinski definition) is 1. The molecule has 1 fully saturated rings. The van der Waals surface area contributed by atoms with Crippen LogP contribution in [0.5, 0.6) is 5.75 Å². The largest absolute Gasteiger partial charge is 0.491 e. The van der Waals surface area contributed by atoms with Crippen molar-refractivity contribution >= 4 is 11.9 Å². The standard InChI is InChI=1S/C16H21NO4/c1-12-6-7-15(18)17(9-8-12)10-11-21-14-5-3-2-4-13(14)16(19)20/h2-5,12H,6-11H2,1H3,(H,19,20). The number of carboxylic acid groups (broad SMARTS) is 1. The quantitative estimate of drug-likeness (QED) is 0.904. The van der Waals surface area contributed by atoms with Gasteiger partial charge in [0.25, 0.3) is 0 Å². The molecular formula is C16H21NO4. The van der Waals surface area contributed by atoms with E-state index < -0.39 is 5.97 Å². The predicted octanol–water partition coefficient (Wildman–Crippen LogP) is 2.41. The Bertz CT molecular complexity index is 515. The monoisotopic (exact) mass is 291 g/mol. The molecule has 1 unspecified atom stereocenters. The number of carboxylic acids is 1. The van der Waals surface area contributed by atoms with Gasteiger partial charge in [0.15, 0.2) is 0 Å². The zero-order chi connectivity index (χ0) is 15.2. The lowest BCUT2D eigenvalue weighted by Gasteiger charge is -2.21. The third-order valence-electron chi connectivity index (χ3n) is 3.83. The Morgan fingerprint density at radius 3 is 2.90 bits per heavy atom. The first-order valence-electron chi connectivity index (χ1n) is 7.31. The van der Waals surface area contributed by atoms with E-state index >= 15 is 0 Å². The first-order chi connectivity index (χ1) is 10.1. The van der Waals surface area contributed by atoms with Gasteiger partial charge in [-0.1, -0.05) is 19.1 Å². The Labute approximate surface area is 124 Å². The van der Waals surface area contributed by atoms with Gasteiger partial charge in [0.1, 0.15) is 17.9 Å². The molecule has 0 saturated carbocycles. The molecule has 2 rings (SSSR count). The molecule has 1 saturated heterocycles. The normalized spacial score (nSPS) is 19.2. The van der Waals surface area contributed by atoms with E-state index in [9.17, 15) is 9.59 Å². The van der Waals surface area contributed by atoms with Crippen molar-refractivity contribution in [3.63, 3.8) is 0 Å². The number of carbonyl (C=O) groups is 2. The summed E-state index contributed by atoms with van der Waals surface area (Å²) >= 11 is 0. The third kappa shape index (κ3) is 4.21. The van der Waals surface area contributed by atoms with E-state index in [4.69, 9.17) is 9.84 Å². The van der Waals surface area contributed by atoms with E-state index in [2.05, 4.69) is 6.92 Å². The molecule has 1 N–H and O–H groups in total. The lowest BCUT2D eigenvalue weighted by Crippen LogP contribution is -2.34. The average molecular weight is 291 g/mol. The smallest absolute Gasteiger partial charge is 0.339 e. The highest BCUT2D eigenvalue weighted by Gasteiger charge is 2.20. The van der Waals surface area contributed by atoms with Gasteiger partial charge in [0.2, 0.25) is 5.91 Å². The summed E-state index contributed by atoms with van der Waals surface area (Å²) in [6.45, 7) is 3.73. The van der Waals surface area contributed by atoms with Gasteiger partial charge in [0, 0.05) is 13.0 Å². The van der Waals surface area contributed by atoms with Crippen molar-refractivity contribution in [1.82, 2.24) is 4.90 Å². The van der Waals surface area contributed by atoms with Crippen LogP contribution >= 0.6 is 0 Å². The maximum atomic E-state index is 12.0. The molecule has 1 amide bonds. The average Bonchev–Trinajstić information content (AvgIpc) is 2.63. The van der Waals surface area contributed by atoms with Gasteiger partial charge >= 0.3 is 5.97 Å². The second-order valence-corrected chi connectivity index (χ2v) is 5.46. The summed E-state index contributed by atoms with van der Waals surface area (Å²) in [6.07, 6.45) is 2.54. The Morgan fingerprint density at radius 2 is 2.14 bits per heavy atom. The second-order valence-electron chi connectivity index (χ2n) is 5.46. The highest BCUT2D eigenvalue weighted by atomic mass is 16.5. The molecule has 114 valence electrons. The van der Waals surface area contributed by atoms with Gasteiger partial charge in [-0.05, 0) is 30.9 Å². The van der Waals surface area contributed by atoms with Gasteiger partial charge < -0.3 is 14.7 Å². The maximum absolute atomic E-state index is 12.0. The van der Waals surface area contributed by atoms with E-state index in [0.717, 1.165) is 19.4 Å². The number of aromatic carboxylic acids is 1. The fourth-order valence-corrected chi connectivity index (χ4v) is 2.44. The zero-order valence-electron chi connectivity index (χ0n) is 12.2. The van der Waals surface area contributed by atoms with E-state index in [1.54, 1.807) is 18.2 Å². The Hall–Kier alpha value is -2.04. The summed E-state index contributed by atoms with van der Waals surface area (Å²) in [5, 5.41) is 9.08. The highest BCUT2D eigenvalue weighted by Crippen LogP contribution is 2.19. The van der Waals surface area contributed by atoms with Crippen LogP contribution in [0.15, 0.2) is 24.3 Å². The molecule has 0 bridgehead atoms. The van der Waals surface area contributed by atoms with Gasteiger partial charge in [-0.25, -0.2) is 4.79 Å². The number of benzene rings is 1. The molecule has 0 aromatic heterocycles. The molecule has 1 heterocycles. The minimum atomic E-state index is -1.01. The van der Waals surface area contributed by atoms with Crippen LogP contribution in [0.3, 0.4) is 0 Å². The van der Waals surface area contributed by atoms with Crippen molar-refractivity contribution in [3.8, 4) is 5.75 Å². The number of rotatable bonds is 5. The molecule has 21 heavy (non-hydrogen) atoms. The molecule has 1 aromatic carbocycles. The summed E-state index contributed by atoms with van der Waals surface area (Å²) < 4.78 is 5.54. The number of carbonyl (C=O) groups excluding carboxylic acids is 1. The highest BCUT2D eigenvalue weighted by molar-refractivity contribution is 5.90. The summed E-state index contributed by atoms with van der Waals surface area (Å²) in [6, 6.07) is 6.54. The SMILES string of the molecule is CC1CCC(=O)N(CCOc2ccccc2C(=O)O)CC1. The summed E-state index contributed by atoms with van der Waals surface area (Å²) in [4.78, 5) is 24.8. The third-order valence-corrected chi connectivity index (χ3v) is 3.83. The molecule has 0 spiro atoms. The summed E-state index contributed by atoms with van der Waals surface area (Å²) in [5.41, 5.74) is 0.147. The molecular weight excluding hydrogens is 270 g/mol.